The summed E-state index contributed by atoms with van der Waals surface area (Å²) in [6.45, 7) is 1.82. The molecule has 0 saturated carbocycles. The summed E-state index contributed by atoms with van der Waals surface area (Å²) in [4.78, 5) is 34.4. The van der Waals surface area contributed by atoms with E-state index in [2.05, 4.69) is 20.6 Å². The van der Waals surface area contributed by atoms with Gasteiger partial charge in [-0.3, -0.25) is 24.3 Å². The number of para-hydroxylation sites is 1. The van der Waals surface area contributed by atoms with E-state index in [9.17, 15) is 9.59 Å². The number of carbonyl (C=O) groups excluding carboxylic acids is 2. The Kier molecular flexibility index (Phi) is 6.72. The lowest BCUT2D eigenvalue weighted by atomic mass is 10.2. The molecular formula is C23H23N6O3S2+. The van der Waals surface area contributed by atoms with Crippen molar-refractivity contribution in [1.29, 1.82) is 0 Å². The van der Waals surface area contributed by atoms with Gasteiger partial charge in [-0.15, -0.1) is 11.3 Å². The first-order valence-electron chi connectivity index (χ1n) is 11.0. The number of thiophene rings is 1. The van der Waals surface area contributed by atoms with Gasteiger partial charge < -0.3 is 0 Å². The number of amides is 2. The predicted molar refractivity (Wildman–Crippen MR) is 133 cm³/mol. The summed E-state index contributed by atoms with van der Waals surface area (Å²) in [5.74, 6) is -0.156. The molecule has 34 heavy (non-hydrogen) atoms. The Hall–Kier alpha value is -3.44. The van der Waals surface area contributed by atoms with Crippen LogP contribution in [0.2, 0.25) is 0 Å². The number of thioether (sulfide) groups is 1. The highest BCUT2D eigenvalue weighted by atomic mass is 32.2. The van der Waals surface area contributed by atoms with Gasteiger partial charge in [0, 0.05) is 4.88 Å². The van der Waals surface area contributed by atoms with Crippen LogP contribution in [0.15, 0.2) is 69.3 Å². The molecule has 2 aliphatic rings. The molecule has 3 aromatic rings. The number of hydrogen-bond acceptors (Lipinski definition) is 8. The number of amidine groups is 1. The van der Waals surface area contributed by atoms with Crippen LogP contribution in [0, 0.1) is 0 Å². The lowest BCUT2D eigenvalue weighted by molar-refractivity contribution is -0.759. The third-order valence-electron chi connectivity index (χ3n) is 5.34. The second-order valence-electron chi connectivity index (χ2n) is 7.75. The molecular weight excluding hydrogens is 472 g/mol. The van der Waals surface area contributed by atoms with Crippen LogP contribution in [0.1, 0.15) is 24.1 Å². The highest BCUT2D eigenvalue weighted by Gasteiger charge is 2.32. The quantitative estimate of drug-likeness (QED) is 0.417. The molecule has 0 bridgehead atoms. The van der Waals surface area contributed by atoms with Gasteiger partial charge in [0.1, 0.15) is 5.70 Å². The summed E-state index contributed by atoms with van der Waals surface area (Å²) in [5, 5.41) is 11.2. The molecule has 0 unspecified atom stereocenters. The van der Waals surface area contributed by atoms with E-state index in [1.165, 1.54) is 34.4 Å². The van der Waals surface area contributed by atoms with Gasteiger partial charge in [-0.25, -0.2) is 4.99 Å². The van der Waals surface area contributed by atoms with E-state index in [1.54, 1.807) is 17.1 Å². The Labute approximate surface area is 204 Å². The second kappa shape index (κ2) is 10.2. The van der Waals surface area contributed by atoms with Gasteiger partial charge >= 0.3 is 5.88 Å². The van der Waals surface area contributed by atoms with Crippen molar-refractivity contribution >= 4 is 57.7 Å². The molecule has 1 saturated heterocycles. The molecule has 4 heterocycles. The fourth-order valence-corrected chi connectivity index (χ4v) is 5.18. The van der Waals surface area contributed by atoms with Crippen LogP contribution in [0.5, 0.6) is 0 Å². The first-order valence-corrected chi connectivity index (χ1v) is 12.8. The van der Waals surface area contributed by atoms with E-state index < -0.39 is 0 Å². The van der Waals surface area contributed by atoms with Gasteiger partial charge in [-0.2, -0.15) is 5.01 Å². The Morgan fingerprint density at radius 3 is 2.76 bits per heavy atom. The van der Waals surface area contributed by atoms with Crippen molar-refractivity contribution < 1.29 is 18.9 Å². The van der Waals surface area contributed by atoms with Crippen molar-refractivity contribution in [3.8, 4) is 0 Å². The molecule has 2 aromatic heterocycles. The average Bonchev–Trinajstić information content (AvgIpc) is 3.61. The monoisotopic (exact) mass is 495 g/mol. The summed E-state index contributed by atoms with van der Waals surface area (Å²) >= 11 is 2.73. The molecule has 0 atom stereocenters. The van der Waals surface area contributed by atoms with Crippen molar-refractivity contribution in [3.63, 3.8) is 0 Å². The van der Waals surface area contributed by atoms with Gasteiger partial charge in [0.05, 0.1) is 29.3 Å². The van der Waals surface area contributed by atoms with Gasteiger partial charge in [-0.1, -0.05) is 36.0 Å². The van der Waals surface area contributed by atoms with Gasteiger partial charge in [0.2, 0.25) is 11.2 Å². The molecule has 174 valence electrons. The number of anilines is 2. The molecule has 1 aromatic carbocycles. The third-order valence-corrected chi connectivity index (χ3v) is 7.10. The molecule has 0 spiro atoms. The van der Waals surface area contributed by atoms with Crippen LogP contribution in [-0.4, -0.2) is 41.1 Å². The average molecular weight is 496 g/mol. The van der Waals surface area contributed by atoms with E-state index >= 15 is 0 Å². The molecule has 5 rings (SSSR count). The minimum atomic E-state index is -0.272. The fourth-order valence-electron chi connectivity index (χ4n) is 3.72. The number of nitrogens with zero attached hydrogens (tertiary/aromatic N) is 5. The van der Waals surface area contributed by atoms with E-state index in [1.807, 2.05) is 47.8 Å². The van der Waals surface area contributed by atoms with Crippen LogP contribution < -0.4 is 20.0 Å². The Morgan fingerprint density at radius 2 is 2.00 bits per heavy atom. The van der Waals surface area contributed by atoms with Crippen LogP contribution in [-0.2, 0) is 9.59 Å². The number of aromatic nitrogens is 2. The minimum absolute atomic E-state index is 0.0616. The van der Waals surface area contributed by atoms with Gasteiger partial charge in [0.15, 0.2) is 5.17 Å². The topological polar surface area (TPSA) is 94.9 Å². The largest absolute Gasteiger partial charge is 0.305 e. The number of carbonyl (C=O) groups is 2. The van der Waals surface area contributed by atoms with E-state index in [4.69, 9.17) is 4.52 Å². The molecule has 2 amide bonds. The van der Waals surface area contributed by atoms with E-state index in [0.29, 0.717) is 16.6 Å². The van der Waals surface area contributed by atoms with Crippen LogP contribution >= 0.6 is 23.1 Å². The predicted octanol–water partition coefficient (Wildman–Crippen LogP) is 3.26. The maximum absolute atomic E-state index is 13.1. The zero-order valence-corrected chi connectivity index (χ0v) is 19.9. The standard InChI is InChI=1S/C23H22N6O3S2/c30-20(25-21-15-28(26-32-21)27-11-5-2-6-12-27)16-34-23-24-19(14-18-10-7-13-33-18)22(31)29(23)17-8-3-1-4-9-17/h1,3-4,7-10,13-15H,2,5-6,11-12,16H2/p+1/b19-14+. The molecule has 9 nitrogen and oxygen atoms in total. The van der Waals surface area contributed by atoms with Crippen molar-refractivity contribution in [2.24, 2.45) is 4.99 Å². The number of hydrogen-bond donors (Lipinski definition) is 1. The van der Waals surface area contributed by atoms with Crippen LogP contribution in [0.25, 0.3) is 6.08 Å². The highest BCUT2D eigenvalue weighted by Crippen LogP contribution is 2.30. The number of aliphatic imine (C=N–C) groups is 1. The van der Waals surface area contributed by atoms with Crippen molar-refractivity contribution in [1.82, 2.24) is 5.27 Å². The Morgan fingerprint density at radius 1 is 1.18 bits per heavy atom. The molecule has 0 radical (unpaired) electrons. The first-order chi connectivity index (χ1) is 16.7. The summed E-state index contributed by atoms with van der Waals surface area (Å²) < 4.78 is 5.27. The lowest BCUT2D eigenvalue weighted by Gasteiger charge is -2.17. The molecule has 1 N–H and O–H groups in total. The lowest BCUT2D eigenvalue weighted by Crippen LogP contribution is -2.60. The number of nitrogens with one attached hydrogen (secondary N) is 1. The molecule has 11 heteroatoms. The van der Waals surface area contributed by atoms with Gasteiger partial charge in [-0.05, 0) is 48.9 Å². The SMILES string of the molecule is O=C(CSC1=N/C(=C/c2cccs2)C(=O)N1c1ccccc1)Nc1c[n+](N2CCCCC2)no1. The second-order valence-corrected chi connectivity index (χ2v) is 9.68. The molecule has 2 aliphatic heterocycles. The number of rotatable bonds is 6. The van der Waals surface area contributed by atoms with E-state index in [0.717, 1.165) is 30.8 Å². The molecule has 0 aliphatic carbocycles. The molecule has 1 fully saturated rings. The van der Waals surface area contributed by atoms with Crippen LogP contribution in [0.3, 0.4) is 0 Å². The van der Waals surface area contributed by atoms with E-state index in [-0.39, 0.29) is 23.5 Å². The summed E-state index contributed by atoms with van der Waals surface area (Å²) in [6.07, 6.45) is 6.87. The smallest absolute Gasteiger partial charge is 0.288 e. The third kappa shape index (κ3) is 5.05. The van der Waals surface area contributed by atoms with Crippen LogP contribution in [0.4, 0.5) is 11.6 Å². The fraction of sp³-hybridized carbons (Fsp3) is 0.261. The maximum atomic E-state index is 13.1. The number of benzene rings is 1. The summed E-state index contributed by atoms with van der Waals surface area (Å²) in [7, 11) is 0. The zero-order chi connectivity index (χ0) is 23.3. The van der Waals surface area contributed by atoms with Crippen molar-refractivity contribution in [2.75, 3.05) is 34.1 Å². The van der Waals surface area contributed by atoms with Crippen molar-refractivity contribution in [2.45, 2.75) is 19.3 Å². The Bertz CT molecular complexity index is 1220. The first kappa shape index (κ1) is 22.4. The summed E-state index contributed by atoms with van der Waals surface area (Å²) in [5.41, 5.74) is 1.04. The number of piperidine rings is 1. The van der Waals surface area contributed by atoms with Gasteiger partial charge in [0.25, 0.3) is 12.1 Å². The highest BCUT2D eigenvalue weighted by molar-refractivity contribution is 8.14. The summed E-state index contributed by atoms with van der Waals surface area (Å²) in [6, 6.07) is 13.1. The van der Waals surface area contributed by atoms with Crippen molar-refractivity contribution in [3.05, 3.63) is 64.6 Å². The Balaban J connectivity index is 1.27. The minimum Gasteiger partial charge on any atom is -0.288 e. The normalized spacial score (nSPS) is 17.4. The zero-order valence-electron chi connectivity index (χ0n) is 18.3. The maximum Gasteiger partial charge on any atom is 0.305 e.